The van der Waals surface area contributed by atoms with Crippen molar-refractivity contribution in [3.63, 3.8) is 0 Å². The molecule has 0 amide bonds. The summed E-state index contributed by atoms with van der Waals surface area (Å²) in [6, 6.07) is 4.44. The fraction of sp³-hybridized carbons (Fsp3) is 0.588. The summed E-state index contributed by atoms with van der Waals surface area (Å²) in [4.78, 5) is 12.2. The first kappa shape index (κ1) is 14.3. The molecule has 1 N–H and O–H groups in total. The zero-order valence-corrected chi connectivity index (χ0v) is 12.4. The van der Waals surface area contributed by atoms with Crippen LogP contribution in [0.15, 0.2) is 12.1 Å². The number of Topliss-reactive ketones (excluding diaryl/α,β-unsaturated/α-hetero) is 1. The van der Waals surface area contributed by atoms with Gasteiger partial charge in [-0.25, -0.2) is 0 Å². The Bertz CT molecular complexity index is 435. The maximum absolute atomic E-state index is 12.2. The number of piperidine rings is 1. The molecular weight excluding hydrogens is 234 g/mol. The molecule has 1 heterocycles. The maximum Gasteiger partial charge on any atom is 0.136 e. The monoisotopic (exact) mass is 259 g/mol. The zero-order valence-electron chi connectivity index (χ0n) is 12.4. The van der Waals surface area contributed by atoms with Gasteiger partial charge in [0.25, 0.3) is 0 Å². The van der Waals surface area contributed by atoms with Gasteiger partial charge in [-0.3, -0.25) is 4.79 Å². The maximum atomic E-state index is 12.2. The molecule has 0 aromatic heterocycles. The summed E-state index contributed by atoms with van der Waals surface area (Å²) in [6.07, 6.45) is 3.64. The van der Waals surface area contributed by atoms with Crippen LogP contribution in [-0.4, -0.2) is 18.9 Å². The van der Waals surface area contributed by atoms with E-state index in [9.17, 15) is 4.79 Å². The summed E-state index contributed by atoms with van der Waals surface area (Å²) in [7, 11) is 0. The molecule has 2 heteroatoms. The highest BCUT2D eigenvalue weighted by Gasteiger charge is 2.20. The molecular formula is C17H25NO. The molecule has 0 bridgehead atoms. The van der Waals surface area contributed by atoms with E-state index < -0.39 is 0 Å². The number of aryl methyl sites for hydroxylation is 3. The number of nitrogens with one attached hydrogen (secondary N) is 1. The molecule has 0 spiro atoms. The highest BCUT2D eigenvalue weighted by molar-refractivity contribution is 5.81. The van der Waals surface area contributed by atoms with Crippen LogP contribution in [0.3, 0.4) is 0 Å². The van der Waals surface area contributed by atoms with E-state index in [4.69, 9.17) is 0 Å². The molecule has 2 nitrogen and oxygen atoms in total. The molecule has 0 atom stereocenters. The summed E-state index contributed by atoms with van der Waals surface area (Å²) < 4.78 is 0. The van der Waals surface area contributed by atoms with E-state index in [0.717, 1.165) is 32.4 Å². The Morgan fingerprint density at radius 3 is 2.32 bits per heavy atom. The van der Waals surface area contributed by atoms with Gasteiger partial charge in [-0.05, 0) is 69.8 Å². The van der Waals surface area contributed by atoms with Crippen LogP contribution < -0.4 is 5.32 Å². The van der Waals surface area contributed by atoms with Gasteiger partial charge in [-0.1, -0.05) is 17.7 Å². The Hall–Kier alpha value is -1.15. The molecule has 0 saturated carbocycles. The van der Waals surface area contributed by atoms with Gasteiger partial charge in [0.05, 0.1) is 0 Å². The predicted molar refractivity (Wildman–Crippen MR) is 79.6 cm³/mol. The Kier molecular flexibility index (Phi) is 4.76. The van der Waals surface area contributed by atoms with Crippen LogP contribution >= 0.6 is 0 Å². The van der Waals surface area contributed by atoms with E-state index in [2.05, 4.69) is 38.2 Å². The normalized spacial score (nSPS) is 16.6. The number of hydrogen-bond donors (Lipinski definition) is 1. The Morgan fingerprint density at radius 2 is 1.74 bits per heavy atom. The minimum absolute atomic E-state index is 0.298. The van der Waals surface area contributed by atoms with Crippen LogP contribution in [0.1, 0.15) is 41.5 Å². The fourth-order valence-corrected chi connectivity index (χ4v) is 3.20. The third-order valence-electron chi connectivity index (χ3n) is 4.26. The van der Waals surface area contributed by atoms with Gasteiger partial charge in [0.1, 0.15) is 5.78 Å². The van der Waals surface area contributed by atoms with Crippen molar-refractivity contribution in [1.29, 1.82) is 0 Å². The standard InChI is InChI=1S/C17H25NO/c1-12-10-13(2)16(14(3)11-12)4-5-17(19)15-6-8-18-9-7-15/h10-11,15,18H,4-9H2,1-3H3. The first-order chi connectivity index (χ1) is 9.08. The van der Waals surface area contributed by atoms with E-state index in [-0.39, 0.29) is 0 Å². The largest absolute Gasteiger partial charge is 0.317 e. The van der Waals surface area contributed by atoms with Crippen LogP contribution in [0, 0.1) is 26.7 Å². The molecule has 2 rings (SSSR count). The molecule has 1 aliphatic heterocycles. The molecule has 0 radical (unpaired) electrons. The second-order valence-corrected chi connectivity index (χ2v) is 5.87. The van der Waals surface area contributed by atoms with Crippen LogP contribution in [-0.2, 0) is 11.2 Å². The van der Waals surface area contributed by atoms with Crippen molar-refractivity contribution in [2.45, 2.75) is 46.5 Å². The first-order valence-electron chi connectivity index (χ1n) is 7.38. The SMILES string of the molecule is Cc1cc(C)c(CCC(=O)C2CCNCC2)c(C)c1. The van der Waals surface area contributed by atoms with Crippen LogP contribution in [0.5, 0.6) is 0 Å². The van der Waals surface area contributed by atoms with Crippen LogP contribution in [0.25, 0.3) is 0 Å². The second-order valence-electron chi connectivity index (χ2n) is 5.87. The molecule has 0 aliphatic carbocycles. The summed E-state index contributed by atoms with van der Waals surface area (Å²) in [5.41, 5.74) is 5.34. The van der Waals surface area contributed by atoms with Crippen molar-refractivity contribution < 1.29 is 4.79 Å². The summed E-state index contributed by atoms with van der Waals surface area (Å²) in [5.74, 6) is 0.758. The molecule has 1 fully saturated rings. The van der Waals surface area contributed by atoms with Gasteiger partial charge in [0, 0.05) is 12.3 Å². The topological polar surface area (TPSA) is 29.1 Å². The number of carbonyl (C=O) groups excluding carboxylic acids is 1. The Morgan fingerprint density at radius 1 is 1.16 bits per heavy atom. The highest BCUT2D eigenvalue weighted by atomic mass is 16.1. The summed E-state index contributed by atoms with van der Waals surface area (Å²) in [5, 5.41) is 3.32. The van der Waals surface area contributed by atoms with Gasteiger partial charge in [-0.15, -0.1) is 0 Å². The molecule has 1 saturated heterocycles. The van der Waals surface area contributed by atoms with Crippen LogP contribution in [0.2, 0.25) is 0 Å². The quantitative estimate of drug-likeness (QED) is 0.900. The number of carbonyl (C=O) groups is 1. The average molecular weight is 259 g/mol. The highest BCUT2D eigenvalue weighted by Crippen LogP contribution is 2.21. The molecule has 1 aliphatic rings. The second kappa shape index (κ2) is 6.33. The molecule has 19 heavy (non-hydrogen) atoms. The lowest BCUT2D eigenvalue weighted by Gasteiger charge is -2.21. The lowest BCUT2D eigenvalue weighted by molar-refractivity contribution is -0.123. The number of benzene rings is 1. The zero-order chi connectivity index (χ0) is 13.8. The van der Waals surface area contributed by atoms with Crippen molar-refractivity contribution in [1.82, 2.24) is 5.32 Å². The van der Waals surface area contributed by atoms with E-state index in [1.807, 2.05) is 0 Å². The van der Waals surface area contributed by atoms with Crippen molar-refractivity contribution in [2.75, 3.05) is 13.1 Å². The molecule has 104 valence electrons. The van der Waals surface area contributed by atoms with E-state index in [1.54, 1.807) is 0 Å². The third-order valence-corrected chi connectivity index (χ3v) is 4.26. The lowest BCUT2D eigenvalue weighted by Crippen LogP contribution is -2.32. The van der Waals surface area contributed by atoms with Gasteiger partial charge in [0.2, 0.25) is 0 Å². The van der Waals surface area contributed by atoms with Gasteiger partial charge in [-0.2, -0.15) is 0 Å². The van der Waals surface area contributed by atoms with Gasteiger partial charge < -0.3 is 5.32 Å². The summed E-state index contributed by atoms with van der Waals surface area (Å²) in [6.45, 7) is 8.44. The van der Waals surface area contributed by atoms with E-state index in [0.29, 0.717) is 18.1 Å². The minimum Gasteiger partial charge on any atom is -0.317 e. The number of rotatable bonds is 4. The van der Waals surface area contributed by atoms with Crippen molar-refractivity contribution >= 4 is 5.78 Å². The number of ketones is 1. The lowest BCUT2D eigenvalue weighted by atomic mass is 9.88. The van der Waals surface area contributed by atoms with Crippen LogP contribution in [0.4, 0.5) is 0 Å². The Balaban J connectivity index is 1.96. The van der Waals surface area contributed by atoms with Crippen molar-refractivity contribution in [3.05, 3.63) is 34.4 Å². The predicted octanol–water partition coefficient (Wildman–Crippen LogP) is 3.11. The van der Waals surface area contributed by atoms with E-state index >= 15 is 0 Å². The molecule has 1 aromatic rings. The molecule has 1 aromatic carbocycles. The minimum atomic E-state index is 0.298. The van der Waals surface area contributed by atoms with E-state index in [1.165, 1.54) is 22.3 Å². The third kappa shape index (κ3) is 3.66. The Labute approximate surface area is 116 Å². The van der Waals surface area contributed by atoms with Crippen molar-refractivity contribution in [2.24, 2.45) is 5.92 Å². The fourth-order valence-electron chi connectivity index (χ4n) is 3.20. The van der Waals surface area contributed by atoms with Crippen molar-refractivity contribution in [3.8, 4) is 0 Å². The molecule has 0 unspecified atom stereocenters. The smallest absolute Gasteiger partial charge is 0.136 e. The number of hydrogen-bond acceptors (Lipinski definition) is 2. The average Bonchev–Trinajstić information content (AvgIpc) is 2.38. The summed E-state index contributed by atoms with van der Waals surface area (Å²) >= 11 is 0. The first-order valence-corrected chi connectivity index (χ1v) is 7.38. The van der Waals surface area contributed by atoms with Gasteiger partial charge >= 0.3 is 0 Å². The van der Waals surface area contributed by atoms with Gasteiger partial charge in [0.15, 0.2) is 0 Å².